The lowest BCUT2D eigenvalue weighted by Crippen LogP contribution is -2.28. The molecule has 0 fully saturated rings. The Morgan fingerprint density at radius 3 is 2.07 bits per heavy atom. The average Bonchev–Trinajstić information content (AvgIpc) is 2.68. The summed E-state index contributed by atoms with van der Waals surface area (Å²) < 4.78 is 20.8. The number of methoxy groups -OCH3 is 2. The van der Waals surface area contributed by atoms with Gasteiger partial charge in [-0.25, -0.2) is 4.79 Å². The van der Waals surface area contributed by atoms with Gasteiger partial charge in [-0.1, -0.05) is 12.1 Å². The van der Waals surface area contributed by atoms with Crippen LogP contribution < -0.4 is 18.9 Å². The molecule has 7 nitrogen and oxygen atoms in total. The molecule has 0 aliphatic heterocycles. The van der Waals surface area contributed by atoms with Crippen LogP contribution in [0.3, 0.4) is 0 Å². The van der Waals surface area contributed by atoms with Gasteiger partial charge in [0, 0.05) is 12.5 Å². The summed E-state index contributed by atoms with van der Waals surface area (Å²) in [6, 6.07) is 11.3. The Balaban J connectivity index is 2.00. The van der Waals surface area contributed by atoms with Crippen molar-refractivity contribution in [2.75, 3.05) is 14.2 Å². The molecular weight excluding hydrogens is 376 g/mol. The van der Waals surface area contributed by atoms with Gasteiger partial charge in [-0.05, 0) is 50.6 Å². The van der Waals surface area contributed by atoms with E-state index in [2.05, 4.69) is 0 Å². The Bertz CT molecular complexity index is 850. The highest BCUT2D eigenvalue weighted by Crippen LogP contribution is 2.31. The molecule has 0 radical (unpaired) electrons. The van der Waals surface area contributed by atoms with E-state index in [0.717, 1.165) is 0 Å². The van der Waals surface area contributed by atoms with Crippen molar-refractivity contribution >= 4 is 11.9 Å². The Labute approximate surface area is 170 Å². The first-order chi connectivity index (χ1) is 13.6. The first kappa shape index (κ1) is 22.2. The molecule has 0 aromatic heterocycles. The molecule has 0 spiro atoms. The van der Waals surface area contributed by atoms with Gasteiger partial charge in [-0.15, -0.1) is 0 Å². The molecule has 29 heavy (non-hydrogen) atoms. The van der Waals surface area contributed by atoms with Crippen LogP contribution in [0.1, 0.15) is 26.3 Å². The number of aliphatic hydroxyl groups is 1. The van der Waals surface area contributed by atoms with Gasteiger partial charge in [-0.2, -0.15) is 0 Å². The van der Waals surface area contributed by atoms with Crippen LogP contribution in [-0.4, -0.2) is 37.4 Å². The Hall–Kier alpha value is -3.06. The van der Waals surface area contributed by atoms with Crippen molar-refractivity contribution in [2.45, 2.75) is 33.3 Å². The maximum absolute atomic E-state index is 12.3. The summed E-state index contributed by atoms with van der Waals surface area (Å²) in [6.07, 6.45) is -1.34. The molecule has 0 aliphatic rings. The van der Waals surface area contributed by atoms with Crippen LogP contribution in [0.15, 0.2) is 42.5 Å². The molecule has 1 atom stereocenters. The highest BCUT2D eigenvalue weighted by atomic mass is 16.6. The maximum atomic E-state index is 12.3. The van der Waals surface area contributed by atoms with E-state index >= 15 is 0 Å². The molecule has 0 bridgehead atoms. The lowest BCUT2D eigenvalue weighted by atomic mass is 9.97. The third kappa shape index (κ3) is 6.22. The zero-order valence-electron chi connectivity index (χ0n) is 17.2. The van der Waals surface area contributed by atoms with Gasteiger partial charge in [0.05, 0.1) is 19.6 Å². The first-order valence-electron chi connectivity index (χ1n) is 9.07. The number of rotatable bonds is 7. The van der Waals surface area contributed by atoms with Crippen molar-refractivity contribution in [3.8, 4) is 23.0 Å². The zero-order chi connectivity index (χ0) is 21.6. The van der Waals surface area contributed by atoms with E-state index in [1.807, 2.05) is 0 Å². The van der Waals surface area contributed by atoms with Crippen molar-refractivity contribution < 1.29 is 33.6 Å². The van der Waals surface area contributed by atoms with E-state index in [9.17, 15) is 14.7 Å². The number of hydrogen-bond donors (Lipinski definition) is 1. The lowest BCUT2D eigenvalue weighted by molar-refractivity contribution is -0.144. The first-order valence-corrected chi connectivity index (χ1v) is 9.07. The average molecular weight is 402 g/mol. The van der Waals surface area contributed by atoms with Crippen molar-refractivity contribution in [1.82, 2.24) is 0 Å². The highest BCUT2D eigenvalue weighted by molar-refractivity contribution is 5.78. The Morgan fingerprint density at radius 1 is 0.897 bits per heavy atom. The lowest BCUT2D eigenvalue weighted by Gasteiger charge is -2.16. The minimum Gasteiger partial charge on any atom is -0.497 e. The Kier molecular flexibility index (Phi) is 7.23. The third-order valence-corrected chi connectivity index (χ3v) is 4.03. The smallest absolute Gasteiger partial charge is 0.340 e. The fourth-order valence-corrected chi connectivity index (χ4v) is 2.30. The number of hydrogen-bond acceptors (Lipinski definition) is 7. The molecule has 2 aromatic rings. The molecule has 0 amide bonds. The summed E-state index contributed by atoms with van der Waals surface area (Å²) in [4.78, 5) is 24.2. The van der Waals surface area contributed by atoms with E-state index in [-0.39, 0.29) is 18.1 Å². The monoisotopic (exact) mass is 402 g/mol. The molecule has 2 aromatic carbocycles. The molecular formula is C22H26O7. The molecule has 156 valence electrons. The largest absolute Gasteiger partial charge is 0.497 e. The second-order valence-corrected chi connectivity index (χ2v) is 7.44. The maximum Gasteiger partial charge on any atom is 0.340 e. The Morgan fingerprint density at radius 2 is 1.52 bits per heavy atom. The predicted molar refractivity (Wildman–Crippen MR) is 106 cm³/mol. The van der Waals surface area contributed by atoms with Crippen LogP contribution in [0, 0.1) is 5.41 Å². The van der Waals surface area contributed by atoms with E-state index in [1.54, 1.807) is 57.2 Å². The van der Waals surface area contributed by atoms with Crippen LogP contribution in [0.25, 0.3) is 0 Å². The normalized spacial score (nSPS) is 12.1. The minimum atomic E-state index is -1.38. The number of carbonyl (C=O) groups is 2. The van der Waals surface area contributed by atoms with Crippen LogP contribution in [0.5, 0.6) is 23.0 Å². The minimum absolute atomic E-state index is 0.0403. The molecule has 0 saturated carbocycles. The van der Waals surface area contributed by atoms with Crippen molar-refractivity contribution in [1.29, 1.82) is 0 Å². The number of esters is 2. The summed E-state index contributed by atoms with van der Waals surface area (Å²) in [6.45, 7) is 5.30. The zero-order valence-corrected chi connectivity index (χ0v) is 17.2. The van der Waals surface area contributed by atoms with Crippen LogP contribution in [0.2, 0.25) is 0 Å². The molecule has 7 heteroatoms. The fraction of sp³-hybridized carbons (Fsp3) is 0.364. The molecule has 1 N–H and O–H groups in total. The topological polar surface area (TPSA) is 91.3 Å². The van der Waals surface area contributed by atoms with Crippen LogP contribution in [-0.2, 0) is 16.0 Å². The summed E-state index contributed by atoms with van der Waals surface area (Å²) in [5.74, 6) is 0.216. The van der Waals surface area contributed by atoms with Gasteiger partial charge in [0.2, 0.25) is 0 Å². The van der Waals surface area contributed by atoms with Crippen LogP contribution >= 0.6 is 0 Å². The van der Waals surface area contributed by atoms with Crippen molar-refractivity contribution in [3.63, 3.8) is 0 Å². The fourth-order valence-electron chi connectivity index (χ4n) is 2.30. The second kappa shape index (κ2) is 9.43. The summed E-state index contributed by atoms with van der Waals surface area (Å²) in [5, 5.41) is 10.2. The number of carbonyl (C=O) groups excluding carboxylic acids is 2. The van der Waals surface area contributed by atoms with Crippen molar-refractivity contribution in [3.05, 3.63) is 48.0 Å². The standard InChI is InChI=1S/C22H26O7/c1-22(2,3)21(25)28-15-8-6-14(7-9-15)12-17(23)20(24)29-19-13-16(26-4)10-11-18(19)27-5/h6-11,13,17,23H,12H2,1-5H3/t17-/m1/s1. The second-order valence-electron chi connectivity index (χ2n) is 7.44. The highest BCUT2D eigenvalue weighted by Gasteiger charge is 2.24. The summed E-state index contributed by atoms with van der Waals surface area (Å²) in [5.41, 5.74) is 0.0717. The van der Waals surface area contributed by atoms with E-state index in [1.165, 1.54) is 20.3 Å². The SMILES string of the molecule is COc1ccc(OC)c(OC(=O)[C@H](O)Cc2ccc(OC(=O)C(C)(C)C)cc2)c1. The molecule has 2 rings (SSSR count). The molecule has 0 unspecified atom stereocenters. The number of benzene rings is 2. The number of aliphatic hydroxyl groups excluding tert-OH is 1. The molecule has 0 heterocycles. The molecule has 0 aliphatic carbocycles. The molecule has 0 saturated heterocycles. The van der Waals surface area contributed by atoms with Gasteiger partial charge in [0.25, 0.3) is 0 Å². The van der Waals surface area contributed by atoms with E-state index < -0.39 is 17.5 Å². The van der Waals surface area contributed by atoms with Gasteiger partial charge in [0.1, 0.15) is 11.5 Å². The van der Waals surface area contributed by atoms with Gasteiger partial charge < -0.3 is 24.1 Å². The van der Waals surface area contributed by atoms with Gasteiger partial charge in [0.15, 0.2) is 17.6 Å². The quantitative estimate of drug-likeness (QED) is 0.562. The van der Waals surface area contributed by atoms with Crippen LogP contribution in [0.4, 0.5) is 0 Å². The third-order valence-electron chi connectivity index (χ3n) is 4.03. The summed E-state index contributed by atoms with van der Waals surface area (Å²) >= 11 is 0. The van der Waals surface area contributed by atoms with Gasteiger partial charge in [-0.3, -0.25) is 4.79 Å². The number of ether oxygens (including phenoxy) is 4. The van der Waals surface area contributed by atoms with Crippen molar-refractivity contribution in [2.24, 2.45) is 5.41 Å². The van der Waals surface area contributed by atoms with Gasteiger partial charge >= 0.3 is 11.9 Å². The van der Waals surface area contributed by atoms with E-state index in [4.69, 9.17) is 18.9 Å². The summed E-state index contributed by atoms with van der Waals surface area (Å²) in [7, 11) is 2.94. The predicted octanol–water partition coefficient (Wildman–Crippen LogP) is 3.16. The van der Waals surface area contributed by atoms with E-state index in [0.29, 0.717) is 22.8 Å².